The summed E-state index contributed by atoms with van der Waals surface area (Å²) in [4.78, 5) is 0. The molecule has 2 nitrogen and oxygen atoms in total. The average Bonchev–Trinajstić information content (AvgIpc) is 2.48. The van der Waals surface area contributed by atoms with Gasteiger partial charge in [-0.3, -0.25) is 0 Å². The molecule has 2 unspecified atom stereocenters. The fourth-order valence-electron chi connectivity index (χ4n) is 3.12. The molecule has 1 aromatic carbocycles. The second-order valence-corrected chi connectivity index (χ2v) is 6.53. The van der Waals surface area contributed by atoms with Crippen LogP contribution in [0.15, 0.2) is 30.3 Å². The Morgan fingerprint density at radius 2 is 1.83 bits per heavy atom. The number of ether oxygens (including phenoxy) is 1. The molecular weight excluding hydrogens is 224 g/mol. The van der Waals surface area contributed by atoms with E-state index < -0.39 is 6.10 Å². The van der Waals surface area contributed by atoms with Gasteiger partial charge in [-0.2, -0.15) is 0 Å². The SMILES string of the molecule is CC1(C)CC(CC(O)c2ccccc2)C(C)(C)O1. The first kappa shape index (κ1) is 13.6. The lowest BCUT2D eigenvalue weighted by Crippen LogP contribution is -2.30. The maximum Gasteiger partial charge on any atom is 0.0793 e. The van der Waals surface area contributed by atoms with E-state index in [9.17, 15) is 5.11 Å². The lowest BCUT2D eigenvalue weighted by Gasteiger charge is -2.28. The molecule has 1 fully saturated rings. The third kappa shape index (κ3) is 2.93. The van der Waals surface area contributed by atoms with Crippen molar-refractivity contribution in [1.29, 1.82) is 0 Å². The van der Waals surface area contributed by atoms with Gasteiger partial charge in [-0.15, -0.1) is 0 Å². The van der Waals surface area contributed by atoms with Crippen molar-refractivity contribution in [2.75, 3.05) is 0 Å². The van der Waals surface area contributed by atoms with Crippen molar-refractivity contribution in [3.05, 3.63) is 35.9 Å². The molecule has 2 heteroatoms. The third-order valence-electron chi connectivity index (χ3n) is 3.95. The number of aliphatic hydroxyl groups excluding tert-OH is 1. The minimum Gasteiger partial charge on any atom is -0.388 e. The molecule has 1 aromatic rings. The summed E-state index contributed by atoms with van der Waals surface area (Å²) in [6, 6.07) is 9.89. The van der Waals surface area contributed by atoms with E-state index in [-0.39, 0.29) is 11.2 Å². The summed E-state index contributed by atoms with van der Waals surface area (Å²) in [5.74, 6) is 0.391. The van der Waals surface area contributed by atoms with E-state index in [1.807, 2.05) is 30.3 Å². The standard InChI is InChI=1S/C16H24O2/c1-15(2)11-13(16(3,4)18-15)10-14(17)12-8-6-5-7-9-12/h5-9,13-14,17H,10-11H2,1-4H3. The van der Waals surface area contributed by atoms with E-state index >= 15 is 0 Å². The zero-order valence-electron chi connectivity index (χ0n) is 11.8. The summed E-state index contributed by atoms with van der Waals surface area (Å²) in [7, 11) is 0. The topological polar surface area (TPSA) is 29.5 Å². The van der Waals surface area contributed by atoms with E-state index in [2.05, 4.69) is 27.7 Å². The molecule has 0 radical (unpaired) electrons. The smallest absolute Gasteiger partial charge is 0.0793 e. The van der Waals surface area contributed by atoms with Gasteiger partial charge in [0.25, 0.3) is 0 Å². The van der Waals surface area contributed by atoms with E-state index in [0.717, 1.165) is 18.4 Å². The number of aliphatic hydroxyl groups is 1. The van der Waals surface area contributed by atoms with E-state index in [4.69, 9.17) is 4.74 Å². The lowest BCUT2D eigenvalue weighted by atomic mass is 9.82. The molecule has 1 aliphatic rings. The Hall–Kier alpha value is -0.860. The zero-order chi connectivity index (χ0) is 13.4. The molecule has 100 valence electrons. The van der Waals surface area contributed by atoms with Crippen LogP contribution in [0.5, 0.6) is 0 Å². The van der Waals surface area contributed by atoms with Crippen molar-refractivity contribution in [2.45, 2.75) is 57.8 Å². The minimum absolute atomic E-state index is 0.0788. The van der Waals surface area contributed by atoms with E-state index in [1.165, 1.54) is 0 Å². The molecule has 2 atom stereocenters. The van der Waals surface area contributed by atoms with Gasteiger partial charge in [0.1, 0.15) is 0 Å². The maximum atomic E-state index is 10.3. The molecule has 0 aromatic heterocycles. The molecule has 0 amide bonds. The van der Waals surface area contributed by atoms with Gasteiger partial charge in [-0.25, -0.2) is 0 Å². The summed E-state index contributed by atoms with van der Waals surface area (Å²) >= 11 is 0. The van der Waals surface area contributed by atoms with Crippen LogP contribution in [0.1, 0.15) is 52.2 Å². The van der Waals surface area contributed by atoms with Crippen LogP contribution in [0, 0.1) is 5.92 Å². The summed E-state index contributed by atoms with van der Waals surface area (Å²) in [5, 5.41) is 10.3. The molecule has 1 aliphatic heterocycles. The van der Waals surface area contributed by atoms with Gasteiger partial charge in [-0.1, -0.05) is 30.3 Å². The van der Waals surface area contributed by atoms with Gasteiger partial charge in [-0.05, 0) is 52.0 Å². The zero-order valence-corrected chi connectivity index (χ0v) is 11.8. The Morgan fingerprint density at radius 3 is 2.33 bits per heavy atom. The molecule has 0 aliphatic carbocycles. The van der Waals surface area contributed by atoms with E-state index in [1.54, 1.807) is 0 Å². The molecular formula is C16H24O2. The molecule has 0 saturated carbocycles. The first-order valence-electron chi connectivity index (χ1n) is 6.73. The van der Waals surface area contributed by atoms with Crippen molar-refractivity contribution in [3.63, 3.8) is 0 Å². The van der Waals surface area contributed by atoms with Crippen LogP contribution in [0.25, 0.3) is 0 Å². The highest BCUT2D eigenvalue weighted by Gasteiger charge is 2.46. The van der Waals surface area contributed by atoms with Crippen LogP contribution in [0.4, 0.5) is 0 Å². The molecule has 0 spiro atoms. The summed E-state index contributed by atoms with van der Waals surface area (Å²) < 4.78 is 6.07. The number of hydrogen-bond acceptors (Lipinski definition) is 2. The maximum absolute atomic E-state index is 10.3. The van der Waals surface area contributed by atoms with Crippen molar-refractivity contribution in [3.8, 4) is 0 Å². The van der Waals surface area contributed by atoms with Crippen molar-refractivity contribution in [2.24, 2.45) is 5.92 Å². The summed E-state index contributed by atoms with van der Waals surface area (Å²) in [6.45, 7) is 8.52. The third-order valence-corrected chi connectivity index (χ3v) is 3.95. The molecule has 1 heterocycles. The fraction of sp³-hybridized carbons (Fsp3) is 0.625. The Balaban J connectivity index is 2.06. The Morgan fingerprint density at radius 1 is 1.22 bits per heavy atom. The fourth-order valence-corrected chi connectivity index (χ4v) is 3.12. The van der Waals surface area contributed by atoms with Crippen LogP contribution in [0.3, 0.4) is 0 Å². The molecule has 18 heavy (non-hydrogen) atoms. The molecule has 0 bridgehead atoms. The minimum atomic E-state index is -0.395. The Bertz CT molecular complexity index is 395. The highest BCUT2D eigenvalue weighted by molar-refractivity contribution is 5.17. The normalized spacial score (nSPS) is 27.1. The van der Waals surface area contributed by atoms with Gasteiger partial charge in [0.2, 0.25) is 0 Å². The van der Waals surface area contributed by atoms with Crippen LogP contribution < -0.4 is 0 Å². The van der Waals surface area contributed by atoms with Crippen LogP contribution in [-0.4, -0.2) is 16.3 Å². The van der Waals surface area contributed by atoms with Crippen molar-refractivity contribution in [1.82, 2.24) is 0 Å². The summed E-state index contributed by atoms with van der Waals surface area (Å²) in [5.41, 5.74) is 0.766. The highest BCUT2D eigenvalue weighted by Crippen LogP contribution is 2.45. The predicted molar refractivity (Wildman–Crippen MR) is 73.4 cm³/mol. The average molecular weight is 248 g/mol. The molecule has 2 rings (SSSR count). The van der Waals surface area contributed by atoms with Crippen molar-refractivity contribution >= 4 is 0 Å². The van der Waals surface area contributed by atoms with Gasteiger partial charge in [0.05, 0.1) is 17.3 Å². The van der Waals surface area contributed by atoms with Crippen LogP contribution >= 0.6 is 0 Å². The van der Waals surface area contributed by atoms with Gasteiger partial charge >= 0.3 is 0 Å². The largest absolute Gasteiger partial charge is 0.388 e. The van der Waals surface area contributed by atoms with Crippen LogP contribution in [-0.2, 0) is 4.74 Å². The Kier molecular flexibility index (Phi) is 3.52. The first-order chi connectivity index (χ1) is 8.30. The monoisotopic (exact) mass is 248 g/mol. The Labute approximate surface area is 110 Å². The lowest BCUT2D eigenvalue weighted by molar-refractivity contribution is -0.0782. The van der Waals surface area contributed by atoms with Gasteiger partial charge < -0.3 is 9.84 Å². The van der Waals surface area contributed by atoms with Crippen LogP contribution in [0.2, 0.25) is 0 Å². The molecule has 1 N–H and O–H groups in total. The second kappa shape index (κ2) is 4.67. The number of benzene rings is 1. The number of rotatable bonds is 3. The van der Waals surface area contributed by atoms with Crippen molar-refractivity contribution < 1.29 is 9.84 Å². The number of hydrogen-bond donors (Lipinski definition) is 1. The van der Waals surface area contributed by atoms with E-state index in [0.29, 0.717) is 5.92 Å². The quantitative estimate of drug-likeness (QED) is 0.883. The summed E-state index contributed by atoms with van der Waals surface area (Å²) in [6.07, 6.45) is 1.37. The van der Waals surface area contributed by atoms with Gasteiger partial charge in [0, 0.05) is 0 Å². The second-order valence-electron chi connectivity index (χ2n) is 6.53. The van der Waals surface area contributed by atoms with Gasteiger partial charge in [0.15, 0.2) is 0 Å². The molecule has 1 saturated heterocycles. The first-order valence-corrected chi connectivity index (χ1v) is 6.73. The highest BCUT2D eigenvalue weighted by atomic mass is 16.5. The predicted octanol–water partition coefficient (Wildman–Crippen LogP) is 3.70.